The first-order valence-corrected chi connectivity index (χ1v) is 8.72. The second-order valence-corrected chi connectivity index (χ2v) is 8.71. The topological polar surface area (TPSA) is 111 Å². The molecule has 0 saturated carbocycles. The van der Waals surface area contributed by atoms with Gasteiger partial charge in [-0.1, -0.05) is 47.6 Å². The van der Waals surface area contributed by atoms with Gasteiger partial charge in [0, 0.05) is 11.3 Å². The van der Waals surface area contributed by atoms with E-state index in [4.69, 9.17) is 15.4 Å². The van der Waals surface area contributed by atoms with Crippen LogP contribution >= 0.6 is 0 Å². The zero-order chi connectivity index (χ0) is 21.2. The van der Waals surface area contributed by atoms with Gasteiger partial charge in [0.05, 0.1) is 6.07 Å². The van der Waals surface area contributed by atoms with Crippen molar-refractivity contribution in [2.24, 2.45) is 5.92 Å². The Labute approximate surface area is 160 Å². The molecule has 1 unspecified atom stereocenters. The minimum atomic E-state index is -1.24. The molecular formula is C21H28N2O4. The standard InChI is InChI=1S/C21H28N2O4/c1-12(23)15(10-22)17(24)11-27-19(26)14-8-13(20(2,3)4)9-16(18(14)25)21(5,6)7/h8-9,15,23,25H,11H2,1-7H3. The molecule has 0 spiro atoms. The van der Waals surface area contributed by atoms with Gasteiger partial charge >= 0.3 is 5.97 Å². The lowest BCUT2D eigenvalue weighted by atomic mass is 9.79. The van der Waals surface area contributed by atoms with Crippen LogP contribution in [-0.4, -0.2) is 29.2 Å². The number of hydrogen-bond donors (Lipinski definition) is 2. The smallest absolute Gasteiger partial charge is 0.342 e. The summed E-state index contributed by atoms with van der Waals surface area (Å²) in [5.41, 5.74) is 0.680. The number of carbonyl (C=O) groups excluding carboxylic acids is 2. The van der Waals surface area contributed by atoms with E-state index in [-0.39, 0.29) is 22.4 Å². The zero-order valence-electron chi connectivity index (χ0n) is 17.1. The molecule has 27 heavy (non-hydrogen) atoms. The highest BCUT2D eigenvalue weighted by atomic mass is 16.5. The first kappa shape index (κ1) is 22.4. The highest BCUT2D eigenvalue weighted by Gasteiger charge is 2.28. The van der Waals surface area contributed by atoms with Crippen molar-refractivity contribution in [2.45, 2.75) is 59.3 Å². The Morgan fingerprint density at radius 3 is 2.15 bits per heavy atom. The Morgan fingerprint density at radius 2 is 1.74 bits per heavy atom. The van der Waals surface area contributed by atoms with E-state index in [2.05, 4.69) is 0 Å². The molecule has 2 N–H and O–H groups in total. The SMILES string of the molecule is CC(=N)C(C#N)C(=O)COC(=O)c1cc(C(C)(C)C)cc(C(C)(C)C)c1O. The molecule has 0 heterocycles. The molecule has 6 heteroatoms. The number of ketones is 1. The van der Waals surface area contributed by atoms with Gasteiger partial charge in [0.2, 0.25) is 0 Å². The van der Waals surface area contributed by atoms with Crippen LogP contribution in [0.5, 0.6) is 5.75 Å². The molecule has 1 aromatic carbocycles. The largest absolute Gasteiger partial charge is 0.507 e. The fourth-order valence-electron chi connectivity index (χ4n) is 2.50. The number of Topliss-reactive ketones (excluding diaryl/α,β-unsaturated/α-hetero) is 1. The molecule has 0 aliphatic rings. The molecule has 0 bridgehead atoms. The van der Waals surface area contributed by atoms with Gasteiger partial charge in [-0.25, -0.2) is 4.79 Å². The summed E-state index contributed by atoms with van der Waals surface area (Å²) in [6.07, 6.45) is 0. The number of phenolic OH excluding ortho intramolecular Hbond substituents is 1. The molecule has 1 atom stereocenters. The summed E-state index contributed by atoms with van der Waals surface area (Å²) in [6.45, 7) is 12.5. The van der Waals surface area contributed by atoms with E-state index in [9.17, 15) is 14.7 Å². The highest BCUT2D eigenvalue weighted by molar-refractivity contribution is 6.06. The van der Waals surface area contributed by atoms with Crippen molar-refractivity contribution in [3.05, 3.63) is 28.8 Å². The molecule has 0 amide bonds. The van der Waals surface area contributed by atoms with E-state index in [0.29, 0.717) is 5.56 Å². The van der Waals surface area contributed by atoms with Crippen LogP contribution in [0.25, 0.3) is 0 Å². The Morgan fingerprint density at radius 1 is 1.19 bits per heavy atom. The Kier molecular flexibility index (Phi) is 6.55. The molecule has 0 saturated heterocycles. The first-order valence-electron chi connectivity index (χ1n) is 8.72. The summed E-state index contributed by atoms with van der Waals surface area (Å²) in [4.78, 5) is 24.5. The van der Waals surface area contributed by atoms with Crippen LogP contribution in [0.1, 0.15) is 70.0 Å². The van der Waals surface area contributed by atoms with Crippen molar-refractivity contribution in [1.29, 1.82) is 10.7 Å². The molecule has 0 radical (unpaired) electrons. The second-order valence-electron chi connectivity index (χ2n) is 8.71. The van der Waals surface area contributed by atoms with Crippen molar-refractivity contribution in [3.63, 3.8) is 0 Å². The number of nitrogens with zero attached hydrogens (tertiary/aromatic N) is 1. The van der Waals surface area contributed by atoms with Crippen LogP contribution in [0.3, 0.4) is 0 Å². The minimum absolute atomic E-state index is 0.0137. The number of aromatic hydroxyl groups is 1. The molecule has 0 fully saturated rings. The van der Waals surface area contributed by atoms with Crippen LogP contribution in [-0.2, 0) is 20.4 Å². The lowest BCUT2D eigenvalue weighted by Crippen LogP contribution is -2.26. The van der Waals surface area contributed by atoms with Gasteiger partial charge in [0.15, 0.2) is 12.4 Å². The average molecular weight is 372 g/mol. The van der Waals surface area contributed by atoms with Crippen molar-refractivity contribution in [3.8, 4) is 11.8 Å². The lowest BCUT2D eigenvalue weighted by molar-refractivity contribution is -0.122. The normalized spacial score (nSPS) is 12.8. The third-order valence-electron chi connectivity index (χ3n) is 4.23. The third kappa shape index (κ3) is 5.40. The highest BCUT2D eigenvalue weighted by Crippen LogP contribution is 2.37. The molecule has 0 aromatic heterocycles. The number of esters is 1. The second kappa shape index (κ2) is 7.91. The maximum Gasteiger partial charge on any atom is 0.342 e. The van der Waals surface area contributed by atoms with E-state index in [1.807, 2.05) is 47.6 Å². The predicted octanol–water partition coefficient (Wildman–Crippen LogP) is 3.89. The maximum atomic E-state index is 12.5. The van der Waals surface area contributed by atoms with E-state index < -0.39 is 29.7 Å². The van der Waals surface area contributed by atoms with Crippen LogP contribution < -0.4 is 0 Å². The van der Waals surface area contributed by atoms with Gasteiger partial charge in [-0.2, -0.15) is 5.26 Å². The van der Waals surface area contributed by atoms with Crippen molar-refractivity contribution in [1.82, 2.24) is 0 Å². The summed E-state index contributed by atoms with van der Waals surface area (Å²) in [6, 6.07) is 5.17. The van der Waals surface area contributed by atoms with Crippen molar-refractivity contribution in [2.75, 3.05) is 6.61 Å². The van der Waals surface area contributed by atoms with Crippen LogP contribution in [0.2, 0.25) is 0 Å². The lowest BCUT2D eigenvalue weighted by Gasteiger charge is -2.27. The van der Waals surface area contributed by atoms with Crippen LogP contribution in [0, 0.1) is 22.7 Å². The van der Waals surface area contributed by atoms with Gasteiger partial charge in [-0.05, 0) is 29.4 Å². The predicted molar refractivity (Wildman–Crippen MR) is 103 cm³/mol. The first-order chi connectivity index (χ1) is 12.2. The van der Waals surface area contributed by atoms with Gasteiger partial charge in [-0.3, -0.25) is 4.79 Å². The molecule has 0 aliphatic carbocycles. The van der Waals surface area contributed by atoms with E-state index in [1.54, 1.807) is 12.1 Å². The monoisotopic (exact) mass is 372 g/mol. The van der Waals surface area contributed by atoms with Gasteiger partial charge < -0.3 is 15.3 Å². The van der Waals surface area contributed by atoms with Gasteiger partial charge in [-0.15, -0.1) is 0 Å². The quantitative estimate of drug-likeness (QED) is 0.601. The maximum absolute atomic E-state index is 12.5. The van der Waals surface area contributed by atoms with E-state index in [1.165, 1.54) is 6.92 Å². The summed E-state index contributed by atoms with van der Waals surface area (Å²) >= 11 is 0. The fourth-order valence-corrected chi connectivity index (χ4v) is 2.50. The number of nitrogens with one attached hydrogen (secondary N) is 1. The molecule has 1 rings (SSSR count). The van der Waals surface area contributed by atoms with E-state index >= 15 is 0 Å². The summed E-state index contributed by atoms with van der Waals surface area (Å²) in [5.74, 6) is -2.91. The molecule has 0 aliphatic heterocycles. The van der Waals surface area contributed by atoms with Crippen LogP contribution in [0.4, 0.5) is 0 Å². The molecule has 1 aromatic rings. The Bertz CT molecular complexity index is 805. The summed E-state index contributed by atoms with van der Waals surface area (Å²) in [5, 5.41) is 27.0. The number of hydrogen-bond acceptors (Lipinski definition) is 6. The number of benzene rings is 1. The number of rotatable bonds is 5. The molecule has 146 valence electrons. The summed E-state index contributed by atoms with van der Waals surface area (Å²) in [7, 11) is 0. The van der Waals surface area contributed by atoms with Gasteiger partial charge in [0.1, 0.15) is 17.2 Å². The third-order valence-corrected chi connectivity index (χ3v) is 4.23. The number of phenols is 1. The Hall–Kier alpha value is -2.68. The molecular weight excluding hydrogens is 344 g/mol. The molecule has 6 nitrogen and oxygen atoms in total. The number of carbonyl (C=O) groups is 2. The van der Waals surface area contributed by atoms with Crippen LogP contribution in [0.15, 0.2) is 12.1 Å². The fraction of sp³-hybridized carbons (Fsp3) is 0.524. The van der Waals surface area contributed by atoms with E-state index in [0.717, 1.165) is 5.56 Å². The van der Waals surface area contributed by atoms with Gasteiger partial charge in [0.25, 0.3) is 0 Å². The number of nitriles is 1. The minimum Gasteiger partial charge on any atom is -0.507 e. The Balaban J connectivity index is 3.25. The number of ether oxygens (including phenoxy) is 1. The zero-order valence-corrected chi connectivity index (χ0v) is 17.1. The van der Waals surface area contributed by atoms with Crippen molar-refractivity contribution < 1.29 is 19.4 Å². The summed E-state index contributed by atoms with van der Waals surface area (Å²) < 4.78 is 5.04. The van der Waals surface area contributed by atoms with Crippen molar-refractivity contribution >= 4 is 17.5 Å². The average Bonchev–Trinajstić information content (AvgIpc) is 2.50.